The molecule has 6 aromatic heterocycles. The van der Waals surface area contributed by atoms with E-state index in [9.17, 15) is 10.5 Å². The number of nitrogens with one attached hydrogen (secondary N) is 3. The van der Waals surface area contributed by atoms with Crippen LogP contribution in [-0.2, 0) is 0 Å². The molecule has 27 rings (SSSR count). The molecular formula is C97H92Cl3F5N20O6S3. The summed E-state index contributed by atoms with van der Waals surface area (Å²) >= 11 is 26.6. The van der Waals surface area contributed by atoms with Crippen LogP contribution in [0.15, 0.2) is 42.5 Å². The van der Waals surface area contributed by atoms with Crippen LogP contribution in [0.4, 0.5) is 54.4 Å². The minimum absolute atomic E-state index is 0.000679. The number of hydrogen-bond donors (Lipinski definition) is 6. The second kappa shape index (κ2) is 30.3. The fraction of sp³-hybridized carbons (Fsp3) is 0.485. The van der Waals surface area contributed by atoms with Gasteiger partial charge in [-0.25, -0.2) is 22.0 Å². The molecule has 37 heteroatoms. The molecule has 9 N–H and O–H groups in total. The SMILES string of the molecule is CC(Oc1nc2c3c(c(Cl)c(-c4cc(C5CC[C@@]6(C(C)Oc7nc8c9c(c(Cl)c(-c%10c(F)cc(C%11CC[C@@]%12(COc%13nc%14c%15c(c(Cl)c(-c%16ccc%17sc(N)cc%17c%16)c(F)c%15n%13)OCC%13C%15CCC(CN%14%13)N%15)C[C@@H](F)CN%11%12)c%11sc(N)c(C#N)c%10%11)c(F)c9n7)OCC7C9CCC(CN87)N9)CCCN56)cc5sc(N)c(C#N)c45)c(F)c3n1)OCC1C3CCC(CN21)N3)C12CCCN1CCC2. The number of fused-ring (bicyclic) bond motifs is 21. The number of nitrogen functional groups attached to an aromatic ring is 3. The van der Waals surface area contributed by atoms with Crippen LogP contribution in [-0.4, -0.2) is 206 Å². The van der Waals surface area contributed by atoms with Crippen molar-refractivity contribution in [2.45, 2.75) is 224 Å². The molecule has 0 saturated carbocycles. The van der Waals surface area contributed by atoms with E-state index in [4.69, 9.17) is 110 Å². The third-order valence-electron chi connectivity index (χ3n) is 33.6. The first-order valence-electron chi connectivity index (χ1n) is 47.1. The number of aromatic nitrogens is 6. The lowest BCUT2D eigenvalue weighted by atomic mass is 9.88. The number of anilines is 6. The molecule has 12 saturated heterocycles. The third-order valence-corrected chi connectivity index (χ3v) is 37.6. The fourth-order valence-corrected chi connectivity index (χ4v) is 31.4. The monoisotopic (exact) mass is 1930 g/mol. The van der Waals surface area contributed by atoms with E-state index in [1.165, 1.54) is 28.7 Å². The average Bonchev–Trinajstić information content (AvgIpc) is 1.62. The third kappa shape index (κ3) is 11.9. The Morgan fingerprint density at radius 2 is 1.07 bits per heavy atom. The molecule has 0 spiro atoms. The maximum atomic E-state index is 19.4. The van der Waals surface area contributed by atoms with Gasteiger partial charge in [0.1, 0.15) is 107 Å². The van der Waals surface area contributed by atoms with E-state index in [0.29, 0.717) is 123 Å². The molecule has 6 aromatic carbocycles. The first-order chi connectivity index (χ1) is 65.0. The van der Waals surface area contributed by atoms with E-state index in [1.54, 1.807) is 6.07 Å². The van der Waals surface area contributed by atoms with Crippen LogP contribution < -0.4 is 76.3 Å². The van der Waals surface area contributed by atoms with Gasteiger partial charge in [-0.2, -0.15) is 40.4 Å². The average molecular weight is 1930 g/mol. The van der Waals surface area contributed by atoms with Crippen molar-refractivity contribution in [3.63, 3.8) is 0 Å². The minimum atomic E-state index is -1.37. The van der Waals surface area contributed by atoms with Crippen molar-refractivity contribution in [1.82, 2.24) is 60.6 Å². The summed E-state index contributed by atoms with van der Waals surface area (Å²) in [5.41, 5.74) is 19.3. The first-order valence-corrected chi connectivity index (χ1v) is 50.6. The smallest absolute Gasteiger partial charge is 0.319 e. The summed E-state index contributed by atoms with van der Waals surface area (Å²) in [6.45, 7) is 8.66. The summed E-state index contributed by atoms with van der Waals surface area (Å²) in [7, 11) is 0. The van der Waals surface area contributed by atoms with Crippen molar-refractivity contribution < 1.29 is 50.4 Å². The number of hydrogen-bond acceptors (Lipinski definition) is 29. The van der Waals surface area contributed by atoms with Crippen molar-refractivity contribution in [2.24, 2.45) is 0 Å². The Labute approximate surface area is 792 Å². The standard InChI is InChI=1S/C97H92Cl3F5N20O6S3/c1-40(96-16-3-21-120(96)22-4-17-96)130-93-115-81-72-84(127-37-60-55-11-8-47(112-55)34-122(60)90(72)118-93)75(99)68(78(81)104)50-25-43(26-63-66(50)51(30-106)87(109)133-63)57-15-20-97(18-5-23-124(57)97)41(2)131-94-116-82-73-85(128-38-61-56-12-9-48(113-56)35-123(61)91(73)119-94)76(100)70(79(82)105)69-53(102)28-49(86-67(69)52(31-107)88(110)134-86)58-14-19-95(29-45(101)32-125(58)95)39-129-92-114-80-71-83(126-36-59-54-10-7-46(111-54)33-121(59)89(71)117-92)74(98)65(77(80)103)42-6-13-62-44(24-42)27-64(108)132-62/h6,13,24-28,40-41,45-48,54-61,111-113H,3-5,7-12,14-23,29,32-39,108-110H2,1-2H3/t40?,41?,45-,46?,47?,48?,54?,55?,56?,57?,58?,59?,60?,61?,95+,97-/m1/s1. The summed E-state index contributed by atoms with van der Waals surface area (Å²) in [6, 6.07) is 15.9. The number of benzene rings is 6. The number of rotatable bonds is 14. The molecule has 16 atom stereocenters. The van der Waals surface area contributed by atoms with Crippen molar-refractivity contribution in [3.8, 4) is 80.8 Å². The number of thiophene rings is 3. The number of nitrogens with two attached hydrogens (primary N) is 3. The van der Waals surface area contributed by atoms with Gasteiger partial charge in [0.2, 0.25) is 0 Å². The molecule has 21 heterocycles. The highest BCUT2D eigenvalue weighted by Crippen LogP contribution is 2.62. The van der Waals surface area contributed by atoms with Gasteiger partial charge in [-0.15, -0.1) is 34.0 Å². The summed E-state index contributed by atoms with van der Waals surface area (Å²) in [4.78, 5) is 44.2. The van der Waals surface area contributed by atoms with Gasteiger partial charge in [0, 0.05) is 128 Å². The van der Waals surface area contributed by atoms with Gasteiger partial charge >= 0.3 is 18.0 Å². The van der Waals surface area contributed by atoms with Crippen LogP contribution in [0.2, 0.25) is 15.1 Å². The van der Waals surface area contributed by atoms with E-state index in [0.717, 1.165) is 111 Å². The minimum Gasteiger partial charge on any atom is -0.489 e. The maximum absolute atomic E-state index is 19.4. The molecule has 0 aliphatic carbocycles. The number of alkyl halides is 1. The molecule has 134 heavy (non-hydrogen) atoms. The van der Waals surface area contributed by atoms with Crippen LogP contribution in [0.3, 0.4) is 0 Å². The van der Waals surface area contributed by atoms with Crippen LogP contribution in [0.25, 0.3) is 96.3 Å². The van der Waals surface area contributed by atoms with Crippen LogP contribution in [0.1, 0.15) is 157 Å². The van der Waals surface area contributed by atoms with E-state index < -0.39 is 58.2 Å². The second-order valence-corrected chi connectivity index (χ2v) is 44.3. The van der Waals surface area contributed by atoms with Gasteiger partial charge in [-0.3, -0.25) is 14.7 Å². The van der Waals surface area contributed by atoms with Gasteiger partial charge in [-0.1, -0.05) is 40.9 Å². The van der Waals surface area contributed by atoms with Crippen LogP contribution >= 0.6 is 68.8 Å². The fourth-order valence-electron chi connectivity index (χ4n) is 27.5. The second-order valence-electron chi connectivity index (χ2n) is 40.0. The van der Waals surface area contributed by atoms with E-state index in [-0.39, 0.29) is 227 Å². The van der Waals surface area contributed by atoms with Gasteiger partial charge < -0.3 is 76.3 Å². The Morgan fingerprint density at radius 3 is 1.68 bits per heavy atom. The van der Waals surface area contributed by atoms with Crippen molar-refractivity contribution in [1.29, 1.82) is 10.5 Å². The highest BCUT2D eigenvalue weighted by Gasteiger charge is 2.59. The largest absolute Gasteiger partial charge is 0.489 e. The number of nitriles is 2. The van der Waals surface area contributed by atoms with E-state index in [2.05, 4.69) is 65.6 Å². The van der Waals surface area contributed by atoms with Gasteiger partial charge in [0.25, 0.3) is 0 Å². The molecule has 12 fully saturated rings. The number of piperazine rings is 3. The maximum Gasteiger partial charge on any atom is 0.319 e. The number of halogens is 8. The lowest BCUT2D eigenvalue weighted by Gasteiger charge is -2.41. The zero-order valence-corrected chi connectivity index (χ0v) is 77.8. The molecule has 26 nitrogen and oxygen atoms in total. The Bertz CT molecular complexity index is 7240. The summed E-state index contributed by atoms with van der Waals surface area (Å²) < 4.78 is 136. The van der Waals surface area contributed by atoms with Gasteiger partial charge in [-0.05, 0) is 200 Å². The Morgan fingerprint density at radius 1 is 0.537 bits per heavy atom. The Balaban J connectivity index is 0.537. The molecule has 15 aliphatic heterocycles. The summed E-state index contributed by atoms with van der Waals surface area (Å²) in [5, 5.41) is 36.6. The van der Waals surface area contributed by atoms with Crippen molar-refractivity contribution in [2.75, 3.05) is 104 Å². The van der Waals surface area contributed by atoms with Crippen molar-refractivity contribution in [3.05, 3.63) is 103 Å². The zero-order valence-electron chi connectivity index (χ0n) is 73.1. The Kier molecular flexibility index (Phi) is 18.9. The van der Waals surface area contributed by atoms with Gasteiger partial charge in [0.15, 0.2) is 34.7 Å². The number of nitrogens with zero attached hydrogens (tertiary/aromatic N) is 14. The topological polar surface area (TPSA) is 314 Å². The highest BCUT2D eigenvalue weighted by atomic mass is 35.5. The lowest BCUT2D eigenvalue weighted by molar-refractivity contribution is 0.0255. The quantitative estimate of drug-likeness (QED) is 0.0551. The van der Waals surface area contributed by atoms with Gasteiger partial charge in [0.05, 0.1) is 82.1 Å². The van der Waals surface area contributed by atoms with E-state index in [1.807, 2.05) is 36.1 Å². The molecular weight excluding hydrogens is 1840 g/mol. The molecule has 6 bridgehead atoms. The Hall–Kier alpha value is -9.92. The molecule has 0 amide bonds. The highest BCUT2D eigenvalue weighted by molar-refractivity contribution is 7.23. The number of ether oxygens (including phenoxy) is 6. The predicted molar refractivity (Wildman–Crippen MR) is 508 cm³/mol. The van der Waals surface area contributed by atoms with Crippen LogP contribution in [0, 0.1) is 45.9 Å². The molecule has 12 aromatic rings. The molecule has 0 radical (unpaired) electrons. The normalized spacial score (nSPS) is 28.9. The molecule has 15 aliphatic rings. The van der Waals surface area contributed by atoms with Crippen LogP contribution in [0.5, 0.6) is 35.3 Å². The lowest BCUT2D eigenvalue weighted by Crippen LogP contribution is -2.60. The summed E-state index contributed by atoms with van der Waals surface area (Å²) in [6.07, 6.45) is 10.6. The zero-order chi connectivity index (χ0) is 90.6. The van der Waals surface area contributed by atoms with E-state index >= 15 is 22.0 Å². The molecule has 13 unspecified atom stereocenters. The van der Waals surface area contributed by atoms with Crippen molar-refractivity contribution >= 4 is 164 Å². The predicted octanol–water partition coefficient (Wildman–Crippen LogP) is 17.5. The summed E-state index contributed by atoms with van der Waals surface area (Å²) in [5.74, 6) is -1.56. The first kappa shape index (κ1) is 83.5. The molecule has 690 valence electrons.